The van der Waals surface area contributed by atoms with Crippen molar-refractivity contribution in [3.63, 3.8) is 0 Å². The Kier molecular flexibility index (Phi) is 7.11. The third-order valence-electron chi connectivity index (χ3n) is 5.62. The Morgan fingerprint density at radius 3 is 2.55 bits per heavy atom. The van der Waals surface area contributed by atoms with Crippen LogP contribution < -0.4 is 10.3 Å². The van der Waals surface area contributed by atoms with Crippen molar-refractivity contribution in [1.29, 1.82) is 0 Å². The molecule has 0 bridgehead atoms. The van der Waals surface area contributed by atoms with Gasteiger partial charge >= 0.3 is 0 Å². The number of rotatable bonds is 8. The number of thiazole rings is 1. The molecule has 0 atom stereocenters. The van der Waals surface area contributed by atoms with E-state index in [1.807, 2.05) is 31.2 Å². The maximum Gasteiger partial charge on any atom is 0.282 e. The molecule has 0 spiro atoms. The summed E-state index contributed by atoms with van der Waals surface area (Å²) < 4.78 is 30.2. The van der Waals surface area contributed by atoms with Crippen molar-refractivity contribution in [3.8, 4) is 5.13 Å². The van der Waals surface area contributed by atoms with Crippen LogP contribution in [0, 0.1) is 0 Å². The first-order valence-electron chi connectivity index (χ1n) is 11.6. The summed E-state index contributed by atoms with van der Waals surface area (Å²) in [5.41, 5.74) is 2.85. The number of H-pyrrole nitrogens is 1. The van der Waals surface area contributed by atoms with E-state index in [4.69, 9.17) is 11.6 Å². The Labute approximate surface area is 227 Å². The van der Waals surface area contributed by atoms with E-state index in [1.165, 1.54) is 40.3 Å². The lowest BCUT2D eigenvalue weighted by Crippen LogP contribution is -2.19. The van der Waals surface area contributed by atoms with E-state index in [-0.39, 0.29) is 21.4 Å². The molecule has 0 unspecified atom stereocenters. The third kappa shape index (κ3) is 5.23. The van der Waals surface area contributed by atoms with Gasteiger partial charge in [0.1, 0.15) is 0 Å². The zero-order chi connectivity index (χ0) is 26.9. The van der Waals surface area contributed by atoms with Gasteiger partial charge in [-0.3, -0.25) is 19.6 Å². The van der Waals surface area contributed by atoms with Gasteiger partial charge in [-0.15, -0.1) is 10.2 Å². The van der Waals surface area contributed by atoms with Gasteiger partial charge in [0.2, 0.25) is 5.13 Å². The van der Waals surface area contributed by atoms with Crippen molar-refractivity contribution in [2.24, 2.45) is 4.99 Å². The third-order valence-corrected chi connectivity index (χ3v) is 8.21. The molecule has 3 aromatic heterocycles. The lowest BCUT2D eigenvalue weighted by Gasteiger charge is -2.07. The molecular weight excluding hydrogens is 546 g/mol. The summed E-state index contributed by atoms with van der Waals surface area (Å²) in [5.74, 6) is 0.0488. The van der Waals surface area contributed by atoms with Gasteiger partial charge in [-0.05, 0) is 61.9 Å². The average molecular weight is 568 g/mol. The summed E-state index contributed by atoms with van der Waals surface area (Å²) in [5, 5.41) is 11.3. The number of fused-ring (bicyclic) bond motifs is 1. The molecule has 0 saturated heterocycles. The van der Waals surface area contributed by atoms with Gasteiger partial charge in [0.05, 0.1) is 32.1 Å². The number of para-hydroxylation sites is 1. The molecule has 194 valence electrons. The van der Waals surface area contributed by atoms with Crippen LogP contribution in [0.5, 0.6) is 0 Å². The standard InChI is InChI=1S/C25H22ClN7O3S2/c1-3-6-19-23(24(34)33(31-19)25-28-18-7-4-5-8-20(18)37-25)15(2)27-16-9-11-17(12-10-16)38(35,36)32-22-14-13-21(26)29-30-22/h4-5,7-14,31H,3,6H2,1-2H3,(H,30,32). The molecule has 2 aromatic carbocycles. The van der Waals surface area contributed by atoms with Gasteiger partial charge in [0, 0.05) is 5.69 Å². The van der Waals surface area contributed by atoms with E-state index < -0.39 is 10.0 Å². The Balaban J connectivity index is 1.44. The van der Waals surface area contributed by atoms with Crippen molar-refractivity contribution >= 4 is 60.4 Å². The number of hydrogen-bond donors (Lipinski definition) is 2. The van der Waals surface area contributed by atoms with Gasteiger partial charge < -0.3 is 0 Å². The van der Waals surface area contributed by atoms with E-state index in [9.17, 15) is 13.2 Å². The minimum Gasteiger partial charge on any atom is -0.292 e. The first kappa shape index (κ1) is 25.8. The number of aryl methyl sites for hydroxylation is 1. The number of hydrogen-bond acceptors (Lipinski definition) is 8. The van der Waals surface area contributed by atoms with Crippen molar-refractivity contribution in [3.05, 3.63) is 87.4 Å². The summed E-state index contributed by atoms with van der Waals surface area (Å²) in [4.78, 5) is 22.7. The molecule has 5 rings (SSSR count). The number of nitrogens with zero attached hydrogens (tertiary/aromatic N) is 5. The normalized spacial score (nSPS) is 12.2. The second-order valence-corrected chi connectivity index (χ2v) is 11.4. The van der Waals surface area contributed by atoms with E-state index in [0.717, 1.165) is 22.3 Å². The smallest absolute Gasteiger partial charge is 0.282 e. The van der Waals surface area contributed by atoms with Gasteiger partial charge in [0.15, 0.2) is 11.0 Å². The number of benzene rings is 2. The summed E-state index contributed by atoms with van der Waals surface area (Å²) >= 11 is 7.13. The summed E-state index contributed by atoms with van der Waals surface area (Å²) in [6.07, 6.45) is 1.49. The van der Waals surface area contributed by atoms with Crippen LogP contribution in [0.15, 0.2) is 75.3 Å². The molecule has 0 saturated carbocycles. The predicted octanol–water partition coefficient (Wildman–Crippen LogP) is 5.11. The lowest BCUT2D eigenvalue weighted by atomic mass is 10.1. The zero-order valence-corrected chi connectivity index (χ0v) is 22.7. The fraction of sp³-hybridized carbons (Fsp3) is 0.160. The number of aromatic amines is 1. The van der Waals surface area contributed by atoms with Gasteiger partial charge in [-0.1, -0.05) is 48.4 Å². The second kappa shape index (κ2) is 10.5. The minimum absolute atomic E-state index is 0.0253. The highest BCUT2D eigenvalue weighted by Crippen LogP contribution is 2.25. The highest BCUT2D eigenvalue weighted by molar-refractivity contribution is 7.92. The van der Waals surface area contributed by atoms with Gasteiger partial charge in [-0.25, -0.2) is 13.4 Å². The zero-order valence-electron chi connectivity index (χ0n) is 20.3. The largest absolute Gasteiger partial charge is 0.292 e. The van der Waals surface area contributed by atoms with Crippen molar-refractivity contribution < 1.29 is 8.42 Å². The van der Waals surface area contributed by atoms with Crippen molar-refractivity contribution in [1.82, 2.24) is 25.0 Å². The van der Waals surface area contributed by atoms with Gasteiger partial charge in [0.25, 0.3) is 15.6 Å². The quantitative estimate of drug-likeness (QED) is 0.250. The molecule has 0 radical (unpaired) electrons. The molecule has 3 heterocycles. The number of anilines is 1. The Bertz CT molecular complexity index is 1770. The maximum absolute atomic E-state index is 13.5. The molecule has 0 amide bonds. The van der Waals surface area contributed by atoms with Crippen LogP contribution in [0.2, 0.25) is 5.15 Å². The molecule has 2 N–H and O–H groups in total. The monoisotopic (exact) mass is 567 g/mol. The molecule has 38 heavy (non-hydrogen) atoms. The van der Waals surface area contributed by atoms with Gasteiger partial charge in [-0.2, -0.15) is 4.68 Å². The minimum atomic E-state index is -3.89. The van der Waals surface area contributed by atoms with E-state index in [1.54, 1.807) is 19.1 Å². The van der Waals surface area contributed by atoms with E-state index in [0.29, 0.717) is 28.5 Å². The average Bonchev–Trinajstić information content (AvgIpc) is 3.46. The van der Waals surface area contributed by atoms with Crippen LogP contribution in [0.4, 0.5) is 11.5 Å². The fourth-order valence-corrected chi connectivity index (χ4v) is 5.92. The van der Waals surface area contributed by atoms with Crippen LogP contribution in [0.25, 0.3) is 15.3 Å². The van der Waals surface area contributed by atoms with Crippen LogP contribution in [-0.4, -0.2) is 39.1 Å². The van der Waals surface area contributed by atoms with Crippen LogP contribution in [0.3, 0.4) is 0 Å². The highest BCUT2D eigenvalue weighted by Gasteiger charge is 2.20. The summed E-state index contributed by atoms with van der Waals surface area (Å²) in [7, 11) is -3.89. The van der Waals surface area contributed by atoms with Crippen LogP contribution in [-0.2, 0) is 16.4 Å². The SMILES string of the molecule is CCCc1[nH]n(-c2nc3ccccc3s2)c(=O)c1C(C)=Nc1ccc(S(=O)(=O)Nc2ccc(Cl)nn2)cc1. The molecule has 0 fully saturated rings. The molecular formula is C25H22ClN7O3S2. The number of aromatic nitrogens is 5. The lowest BCUT2D eigenvalue weighted by molar-refractivity contribution is 0.601. The summed E-state index contributed by atoms with van der Waals surface area (Å²) in [6.45, 7) is 3.80. The first-order valence-corrected chi connectivity index (χ1v) is 14.3. The number of sulfonamides is 1. The molecule has 0 aliphatic rings. The second-order valence-electron chi connectivity index (χ2n) is 8.36. The molecule has 0 aliphatic carbocycles. The molecule has 0 aliphatic heterocycles. The van der Waals surface area contributed by atoms with Crippen LogP contribution in [0.1, 0.15) is 31.5 Å². The maximum atomic E-state index is 13.5. The number of nitrogens with one attached hydrogen (secondary N) is 2. The number of halogens is 1. The fourth-order valence-electron chi connectivity index (χ4n) is 3.89. The predicted molar refractivity (Wildman–Crippen MR) is 150 cm³/mol. The summed E-state index contributed by atoms with van der Waals surface area (Å²) in [6, 6.07) is 16.6. The molecule has 5 aromatic rings. The van der Waals surface area contributed by atoms with Crippen LogP contribution >= 0.6 is 22.9 Å². The Morgan fingerprint density at radius 2 is 1.87 bits per heavy atom. The Hall–Kier alpha value is -3.87. The Morgan fingerprint density at radius 1 is 1.11 bits per heavy atom. The highest BCUT2D eigenvalue weighted by atomic mass is 35.5. The molecule has 10 nitrogen and oxygen atoms in total. The van der Waals surface area contributed by atoms with E-state index >= 15 is 0 Å². The van der Waals surface area contributed by atoms with Crippen molar-refractivity contribution in [2.45, 2.75) is 31.6 Å². The number of aliphatic imine (C=N–C) groups is 1. The topological polar surface area (TPSA) is 135 Å². The van der Waals surface area contributed by atoms with E-state index in [2.05, 4.69) is 30.0 Å². The molecule has 13 heteroatoms. The first-order chi connectivity index (χ1) is 18.2. The van der Waals surface area contributed by atoms with Crippen molar-refractivity contribution in [2.75, 3.05) is 4.72 Å².